The minimum atomic E-state index is -3.92. The average Bonchev–Trinajstić information content (AvgIpc) is 2.71. The second-order valence-corrected chi connectivity index (χ2v) is 11.1. The first kappa shape index (κ1) is 22.8. The van der Waals surface area contributed by atoms with E-state index in [4.69, 9.17) is 23.2 Å². The Hall–Kier alpha value is -1.90. The van der Waals surface area contributed by atoms with Gasteiger partial charge in [-0.1, -0.05) is 53.5 Å². The molecule has 1 N–H and O–H groups in total. The first-order valence-corrected chi connectivity index (χ1v) is 12.7. The van der Waals surface area contributed by atoms with E-state index in [0.717, 1.165) is 5.56 Å². The number of hydrogen-bond donors (Lipinski definition) is 1. The minimum absolute atomic E-state index is 0.0753. The van der Waals surface area contributed by atoms with Gasteiger partial charge >= 0.3 is 0 Å². The summed E-state index contributed by atoms with van der Waals surface area (Å²) in [6.45, 7) is 1.74. The normalized spacial score (nSPS) is 12.1. The van der Waals surface area contributed by atoms with E-state index in [1.165, 1.54) is 30.3 Å². The van der Waals surface area contributed by atoms with Crippen LogP contribution in [0.2, 0.25) is 10.0 Å². The van der Waals surface area contributed by atoms with E-state index in [0.29, 0.717) is 22.0 Å². The molecular weight excluding hydrogens is 465 g/mol. The van der Waals surface area contributed by atoms with Crippen molar-refractivity contribution in [2.24, 2.45) is 0 Å². The fourth-order valence-electron chi connectivity index (χ4n) is 2.88. The van der Waals surface area contributed by atoms with E-state index >= 15 is 0 Å². The van der Waals surface area contributed by atoms with E-state index in [1.54, 1.807) is 43.3 Å². The molecule has 0 atom stereocenters. The molecule has 0 radical (unpaired) electrons. The van der Waals surface area contributed by atoms with Crippen LogP contribution >= 0.6 is 23.2 Å². The van der Waals surface area contributed by atoms with Gasteiger partial charge in [0.1, 0.15) is 0 Å². The van der Waals surface area contributed by atoms with Gasteiger partial charge in [0.05, 0.1) is 24.7 Å². The van der Waals surface area contributed by atoms with Crippen molar-refractivity contribution < 1.29 is 16.8 Å². The van der Waals surface area contributed by atoms with Crippen LogP contribution in [0.15, 0.2) is 81.4 Å². The van der Waals surface area contributed by atoms with E-state index < -0.39 is 19.9 Å². The molecular formula is C21H19Cl2NO4S2. The van der Waals surface area contributed by atoms with Gasteiger partial charge in [0.2, 0.25) is 19.9 Å². The largest absolute Gasteiger partial charge is 0.240 e. The van der Waals surface area contributed by atoms with Crippen molar-refractivity contribution in [2.45, 2.75) is 28.0 Å². The summed E-state index contributed by atoms with van der Waals surface area (Å²) in [6, 6.07) is 17.1. The van der Waals surface area contributed by atoms with Crippen LogP contribution in [0.4, 0.5) is 0 Å². The van der Waals surface area contributed by atoms with Crippen LogP contribution in [0.1, 0.15) is 11.1 Å². The van der Waals surface area contributed by atoms with Crippen LogP contribution in [-0.2, 0) is 26.3 Å². The highest BCUT2D eigenvalue weighted by Gasteiger charge is 2.23. The Morgan fingerprint density at radius 3 is 2.17 bits per heavy atom. The zero-order chi connectivity index (χ0) is 21.9. The molecule has 0 unspecified atom stereocenters. The molecule has 0 saturated heterocycles. The van der Waals surface area contributed by atoms with Gasteiger partial charge in [0.25, 0.3) is 0 Å². The summed E-state index contributed by atoms with van der Waals surface area (Å²) in [6.07, 6.45) is 0.400. The van der Waals surface area contributed by atoms with E-state index in [-0.39, 0.29) is 21.2 Å². The highest BCUT2D eigenvalue weighted by molar-refractivity contribution is 7.91. The zero-order valence-corrected chi connectivity index (χ0v) is 19.1. The molecule has 0 heterocycles. The van der Waals surface area contributed by atoms with Crippen LogP contribution in [-0.4, -0.2) is 23.4 Å². The summed E-state index contributed by atoms with van der Waals surface area (Å²) in [5, 5.41) is 0.819. The third-order valence-electron chi connectivity index (χ3n) is 4.50. The van der Waals surface area contributed by atoms with Crippen molar-refractivity contribution in [3.8, 4) is 0 Å². The molecule has 0 fully saturated rings. The maximum absolute atomic E-state index is 12.8. The topological polar surface area (TPSA) is 80.3 Å². The van der Waals surface area contributed by atoms with Crippen molar-refractivity contribution in [1.82, 2.24) is 4.72 Å². The number of sulfone groups is 1. The molecule has 30 heavy (non-hydrogen) atoms. The molecule has 3 aromatic rings. The van der Waals surface area contributed by atoms with Gasteiger partial charge in [0.15, 0.2) is 0 Å². The zero-order valence-electron chi connectivity index (χ0n) is 16.0. The number of aryl methyl sites for hydroxylation is 1. The number of nitrogens with one attached hydrogen (secondary N) is 1. The Balaban J connectivity index is 1.83. The Bertz CT molecular complexity index is 1280. The summed E-state index contributed by atoms with van der Waals surface area (Å²) in [7, 11) is -7.75. The van der Waals surface area contributed by atoms with Gasteiger partial charge in [-0.15, -0.1) is 0 Å². The lowest BCUT2D eigenvalue weighted by Crippen LogP contribution is -2.27. The van der Waals surface area contributed by atoms with Gasteiger partial charge in [0, 0.05) is 6.54 Å². The summed E-state index contributed by atoms with van der Waals surface area (Å²) in [5.41, 5.74) is 1.27. The molecule has 0 aliphatic heterocycles. The second kappa shape index (κ2) is 9.08. The molecule has 9 heteroatoms. The number of halogens is 2. The summed E-state index contributed by atoms with van der Waals surface area (Å²) >= 11 is 11.9. The molecule has 0 aliphatic rings. The van der Waals surface area contributed by atoms with Gasteiger partial charge < -0.3 is 0 Å². The van der Waals surface area contributed by atoms with Crippen molar-refractivity contribution >= 4 is 43.1 Å². The van der Waals surface area contributed by atoms with Crippen LogP contribution in [0.3, 0.4) is 0 Å². The van der Waals surface area contributed by atoms with E-state index in [1.807, 2.05) is 0 Å². The minimum Gasteiger partial charge on any atom is -0.219 e. The molecule has 3 aromatic carbocycles. The van der Waals surface area contributed by atoms with E-state index in [9.17, 15) is 16.8 Å². The van der Waals surface area contributed by atoms with Crippen molar-refractivity contribution in [3.05, 3.63) is 87.9 Å². The molecule has 0 bridgehead atoms. The number of rotatable bonds is 7. The number of hydrogen-bond acceptors (Lipinski definition) is 4. The van der Waals surface area contributed by atoms with Gasteiger partial charge in [-0.3, -0.25) is 0 Å². The predicted molar refractivity (Wildman–Crippen MR) is 118 cm³/mol. The molecule has 5 nitrogen and oxygen atoms in total. The smallest absolute Gasteiger partial charge is 0.219 e. The molecule has 0 saturated carbocycles. The molecule has 0 aromatic heterocycles. The Kier molecular flexibility index (Phi) is 6.89. The van der Waals surface area contributed by atoms with Crippen LogP contribution in [0, 0.1) is 6.92 Å². The second-order valence-electron chi connectivity index (χ2n) is 6.64. The quantitative estimate of drug-likeness (QED) is 0.529. The van der Waals surface area contributed by atoms with Crippen molar-refractivity contribution in [1.29, 1.82) is 0 Å². The van der Waals surface area contributed by atoms with Gasteiger partial charge in [-0.2, -0.15) is 0 Å². The first-order valence-electron chi connectivity index (χ1n) is 8.95. The Labute approximate surface area is 186 Å². The highest BCUT2D eigenvalue weighted by Crippen LogP contribution is 2.26. The lowest BCUT2D eigenvalue weighted by Gasteiger charge is -2.12. The monoisotopic (exact) mass is 483 g/mol. The van der Waals surface area contributed by atoms with E-state index in [2.05, 4.69) is 4.72 Å². The van der Waals surface area contributed by atoms with Crippen LogP contribution < -0.4 is 4.72 Å². The summed E-state index contributed by atoms with van der Waals surface area (Å²) in [5.74, 6) is 0. The molecule has 0 amide bonds. The maximum atomic E-state index is 12.8. The first-order chi connectivity index (χ1) is 14.1. The fourth-order valence-corrected chi connectivity index (χ4v) is 5.88. The Morgan fingerprint density at radius 2 is 1.50 bits per heavy atom. The van der Waals surface area contributed by atoms with Crippen molar-refractivity contribution in [3.63, 3.8) is 0 Å². The molecule has 158 valence electrons. The maximum Gasteiger partial charge on any atom is 0.240 e. The SMILES string of the molecule is Cc1ccc(S(=O)(=O)c2ccccc2)cc1S(=O)(=O)NCCc1ccc(Cl)c(Cl)c1. The number of benzene rings is 3. The van der Waals surface area contributed by atoms with Crippen LogP contribution in [0.5, 0.6) is 0 Å². The molecule has 3 rings (SSSR count). The lowest BCUT2D eigenvalue weighted by atomic mass is 10.1. The molecule has 0 spiro atoms. The predicted octanol–water partition coefficient (Wildman–Crippen LogP) is 4.66. The van der Waals surface area contributed by atoms with Gasteiger partial charge in [-0.05, 0) is 60.9 Å². The third-order valence-corrected chi connectivity index (χ3v) is 8.61. The average molecular weight is 484 g/mol. The number of sulfonamides is 1. The lowest BCUT2D eigenvalue weighted by molar-refractivity contribution is 0.580. The van der Waals surface area contributed by atoms with Crippen molar-refractivity contribution in [2.75, 3.05) is 6.54 Å². The van der Waals surface area contributed by atoms with Gasteiger partial charge in [-0.25, -0.2) is 21.6 Å². The summed E-state index contributed by atoms with van der Waals surface area (Å²) < 4.78 is 53.9. The Morgan fingerprint density at radius 1 is 0.800 bits per heavy atom. The van der Waals surface area contributed by atoms with Crippen LogP contribution in [0.25, 0.3) is 0 Å². The standard InChI is InChI=1S/C21H19Cl2NO4S2/c1-15-7-9-18(29(25,26)17-5-3-2-4-6-17)14-21(15)30(27,28)24-12-11-16-8-10-19(22)20(23)13-16/h2-10,13-14,24H,11-12H2,1H3. The summed E-state index contributed by atoms with van der Waals surface area (Å²) in [4.78, 5) is -0.0532. The third kappa shape index (κ3) is 5.04. The highest BCUT2D eigenvalue weighted by atomic mass is 35.5. The molecule has 0 aliphatic carbocycles. The fraction of sp³-hybridized carbons (Fsp3) is 0.143.